The molecular weight excluding hydrogens is 340 g/mol. The Kier molecular flexibility index (Phi) is 4.13. The van der Waals surface area contributed by atoms with Gasteiger partial charge in [-0.1, -0.05) is 18.6 Å². The predicted octanol–water partition coefficient (Wildman–Crippen LogP) is 4.50. The summed E-state index contributed by atoms with van der Waals surface area (Å²) in [6, 6.07) is 8.67. The Hall–Kier alpha value is -1.65. The Morgan fingerprint density at radius 1 is 1.15 bits per heavy atom. The largest absolute Gasteiger partial charge is 0.325 e. The molecule has 1 aliphatic carbocycles. The second-order valence-electron chi connectivity index (χ2n) is 8.08. The van der Waals surface area contributed by atoms with Gasteiger partial charge >= 0.3 is 0 Å². The molecule has 0 bridgehead atoms. The topological polar surface area (TPSA) is 32.3 Å². The summed E-state index contributed by atoms with van der Waals surface area (Å²) < 4.78 is 0. The molecule has 0 radical (unpaired) electrons. The van der Waals surface area contributed by atoms with Crippen LogP contribution < -0.4 is 5.32 Å². The van der Waals surface area contributed by atoms with Crippen LogP contribution >= 0.6 is 11.3 Å². The third-order valence-electron chi connectivity index (χ3n) is 6.59. The average molecular weight is 367 g/mol. The summed E-state index contributed by atoms with van der Waals surface area (Å²) >= 11 is 1.90. The van der Waals surface area contributed by atoms with Gasteiger partial charge in [-0.3, -0.25) is 9.69 Å². The van der Waals surface area contributed by atoms with Crippen LogP contribution in [-0.4, -0.2) is 23.9 Å². The number of benzene rings is 1. The SMILES string of the molecule is O=C1Nc2cccc3c2C1(CCCCN1CCc2ccsc2C1)CCC3. The highest BCUT2D eigenvalue weighted by Gasteiger charge is 2.48. The van der Waals surface area contributed by atoms with Crippen LogP contribution in [0.1, 0.15) is 53.7 Å². The Bertz CT molecular complexity index is 842. The Morgan fingerprint density at radius 2 is 2.12 bits per heavy atom. The van der Waals surface area contributed by atoms with Crippen molar-refractivity contribution in [2.75, 3.05) is 18.4 Å². The van der Waals surface area contributed by atoms with E-state index in [4.69, 9.17) is 0 Å². The van der Waals surface area contributed by atoms with Gasteiger partial charge in [-0.25, -0.2) is 0 Å². The minimum Gasteiger partial charge on any atom is -0.325 e. The first-order valence-electron chi connectivity index (χ1n) is 9.98. The van der Waals surface area contributed by atoms with Gasteiger partial charge in [-0.05, 0) is 79.3 Å². The maximum atomic E-state index is 12.9. The highest BCUT2D eigenvalue weighted by molar-refractivity contribution is 7.10. The highest BCUT2D eigenvalue weighted by atomic mass is 32.1. The lowest BCUT2D eigenvalue weighted by molar-refractivity contribution is -0.121. The van der Waals surface area contributed by atoms with Crippen molar-refractivity contribution < 1.29 is 4.79 Å². The summed E-state index contributed by atoms with van der Waals surface area (Å²) in [7, 11) is 0. The first-order chi connectivity index (χ1) is 12.8. The van der Waals surface area contributed by atoms with Crippen molar-refractivity contribution in [2.24, 2.45) is 0 Å². The molecular formula is C22H26N2OS. The molecule has 1 aromatic carbocycles. The molecule has 0 saturated heterocycles. The number of hydrogen-bond acceptors (Lipinski definition) is 3. The molecule has 1 N–H and O–H groups in total. The quantitative estimate of drug-likeness (QED) is 0.790. The van der Waals surface area contributed by atoms with E-state index in [1.54, 1.807) is 10.4 Å². The van der Waals surface area contributed by atoms with Crippen LogP contribution in [0.3, 0.4) is 0 Å². The van der Waals surface area contributed by atoms with Crippen molar-refractivity contribution in [2.45, 2.75) is 56.9 Å². The van der Waals surface area contributed by atoms with Crippen molar-refractivity contribution in [1.29, 1.82) is 0 Å². The number of nitrogens with zero attached hydrogens (tertiary/aromatic N) is 1. The van der Waals surface area contributed by atoms with E-state index in [1.807, 2.05) is 11.3 Å². The van der Waals surface area contributed by atoms with Gasteiger partial charge in [0.15, 0.2) is 0 Å². The number of rotatable bonds is 5. The second kappa shape index (κ2) is 6.50. The normalized spacial score (nSPS) is 24.2. The summed E-state index contributed by atoms with van der Waals surface area (Å²) in [5.74, 6) is 0.251. The minimum atomic E-state index is -0.243. The van der Waals surface area contributed by atoms with Crippen LogP contribution in [0.4, 0.5) is 5.69 Å². The van der Waals surface area contributed by atoms with Gasteiger partial charge in [0.25, 0.3) is 0 Å². The smallest absolute Gasteiger partial charge is 0.235 e. The second-order valence-corrected chi connectivity index (χ2v) is 9.08. The molecule has 4 heteroatoms. The van der Waals surface area contributed by atoms with Crippen LogP contribution in [0.5, 0.6) is 0 Å². The fraction of sp³-hybridized carbons (Fsp3) is 0.500. The van der Waals surface area contributed by atoms with Gasteiger partial charge in [-0.2, -0.15) is 0 Å². The van der Waals surface area contributed by atoms with Crippen LogP contribution in [0.25, 0.3) is 0 Å². The number of anilines is 1. The number of hydrogen-bond donors (Lipinski definition) is 1. The molecule has 1 amide bonds. The van der Waals surface area contributed by atoms with E-state index >= 15 is 0 Å². The summed E-state index contributed by atoms with van der Waals surface area (Å²) in [5, 5.41) is 5.40. The van der Waals surface area contributed by atoms with Gasteiger partial charge in [0.2, 0.25) is 5.91 Å². The number of fused-ring (bicyclic) bond motifs is 1. The van der Waals surface area contributed by atoms with E-state index in [1.165, 1.54) is 30.5 Å². The van der Waals surface area contributed by atoms with Crippen molar-refractivity contribution >= 4 is 22.9 Å². The van der Waals surface area contributed by atoms with Gasteiger partial charge in [-0.15, -0.1) is 11.3 Å². The summed E-state index contributed by atoms with van der Waals surface area (Å²) in [6.45, 7) is 3.46. The third kappa shape index (κ3) is 2.62. The number of thiophene rings is 1. The van der Waals surface area contributed by atoms with Gasteiger partial charge in [0, 0.05) is 23.7 Å². The van der Waals surface area contributed by atoms with E-state index < -0.39 is 0 Å². The summed E-state index contributed by atoms with van der Waals surface area (Å²) in [6.07, 6.45) is 7.80. The highest BCUT2D eigenvalue weighted by Crippen LogP contribution is 2.49. The molecule has 3 aliphatic rings. The maximum absolute atomic E-state index is 12.9. The standard InChI is InChI=1S/C22H26N2OS/c25-21-22(11-4-6-17-5-3-7-18(23-21)20(17)22)10-1-2-12-24-13-8-16-9-14-26-19(16)15-24/h3,5,7,9,14H,1-2,4,6,8,10-13,15H2,(H,23,25). The zero-order valence-electron chi connectivity index (χ0n) is 15.2. The van der Waals surface area contributed by atoms with Crippen LogP contribution in [0.15, 0.2) is 29.6 Å². The molecule has 0 spiro atoms. The Morgan fingerprint density at radius 3 is 3.08 bits per heavy atom. The number of aryl methyl sites for hydroxylation is 1. The number of nitrogens with one attached hydrogen (secondary N) is 1. The lowest BCUT2D eigenvalue weighted by atomic mass is 9.68. The van der Waals surface area contributed by atoms with Crippen molar-refractivity contribution in [3.63, 3.8) is 0 Å². The average Bonchev–Trinajstić information content (AvgIpc) is 3.23. The molecule has 2 aliphatic heterocycles. The number of unbranched alkanes of at least 4 members (excludes halogenated alkanes) is 1. The number of carbonyl (C=O) groups excluding carboxylic acids is 1. The van der Waals surface area contributed by atoms with Crippen molar-refractivity contribution in [1.82, 2.24) is 4.90 Å². The van der Waals surface area contributed by atoms with E-state index in [-0.39, 0.29) is 11.3 Å². The Balaban J connectivity index is 1.23. The van der Waals surface area contributed by atoms with Crippen LogP contribution in [0, 0.1) is 0 Å². The van der Waals surface area contributed by atoms with Crippen LogP contribution in [0.2, 0.25) is 0 Å². The first-order valence-corrected chi connectivity index (χ1v) is 10.9. The van der Waals surface area contributed by atoms with Crippen molar-refractivity contribution in [3.05, 3.63) is 51.2 Å². The summed E-state index contributed by atoms with van der Waals surface area (Å²) in [5.41, 5.74) is 5.12. The zero-order valence-corrected chi connectivity index (χ0v) is 16.0. The lowest BCUT2D eigenvalue weighted by Gasteiger charge is -2.33. The zero-order chi connectivity index (χ0) is 17.6. The fourth-order valence-electron chi connectivity index (χ4n) is 5.26. The first kappa shape index (κ1) is 16.5. The van der Waals surface area contributed by atoms with Gasteiger partial charge < -0.3 is 5.32 Å². The minimum absolute atomic E-state index is 0.243. The molecule has 1 atom stereocenters. The molecule has 1 aromatic heterocycles. The molecule has 26 heavy (non-hydrogen) atoms. The van der Waals surface area contributed by atoms with Gasteiger partial charge in [0.1, 0.15) is 0 Å². The van der Waals surface area contributed by atoms with E-state index in [9.17, 15) is 4.79 Å². The molecule has 0 saturated carbocycles. The molecule has 3 nitrogen and oxygen atoms in total. The predicted molar refractivity (Wildman–Crippen MR) is 107 cm³/mol. The van der Waals surface area contributed by atoms with E-state index in [0.29, 0.717) is 0 Å². The molecule has 2 aromatic rings. The van der Waals surface area contributed by atoms with E-state index in [2.05, 4.69) is 39.9 Å². The molecule has 0 fully saturated rings. The maximum Gasteiger partial charge on any atom is 0.235 e. The molecule has 5 rings (SSSR count). The molecule has 1 unspecified atom stereocenters. The van der Waals surface area contributed by atoms with Gasteiger partial charge in [0.05, 0.1) is 5.41 Å². The third-order valence-corrected chi connectivity index (χ3v) is 7.54. The molecule has 3 heterocycles. The number of amides is 1. The summed E-state index contributed by atoms with van der Waals surface area (Å²) in [4.78, 5) is 17.0. The van der Waals surface area contributed by atoms with E-state index in [0.717, 1.165) is 50.9 Å². The van der Waals surface area contributed by atoms with Crippen LogP contribution in [-0.2, 0) is 29.6 Å². The molecule has 136 valence electrons. The monoisotopic (exact) mass is 366 g/mol. The lowest BCUT2D eigenvalue weighted by Crippen LogP contribution is -2.37. The Labute approximate surface area is 159 Å². The number of carbonyl (C=O) groups is 1. The van der Waals surface area contributed by atoms with Crippen molar-refractivity contribution in [3.8, 4) is 0 Å². The fourth-order valence-corrected chi connectivity index (χ4v) is 6.23.